The number of piperidine rings is 1. The van der Waals surface area contributed by atoms with Gasteiger partial charge in [0, 0.05) is 10.0 Å². The molecule has 0 spiro atoms. The Labute approximate surface area is 120 Å². The molecule has 0 amide bonds. The van der Waals surface area contributed by atoms with Crippen LogP contribution in [0.25, 0.3) is 0 Å². The van der Waals surface area contributed by atoms with Crippen molar-refractivity contribution in [1.82, 2.24) is 5.32 Å². The number of ether oxygens (including phenoxy) is 2. The zero-order valence-electron chi connectivity index (χ0n) is 10.6. The standard InChI is InChI=1S/C14H16BrNO3/c15-12-7-10(9-1-3-16-4-2-9)13-14(11(12)8-17)19-6-5-18-13/h7-9,16H,1-6H2. The highest BCUT2D eigenvalue weighted by molar-refractivity contribution is 9.10. The Hall–Kier alpha value is -1.07. The monoisotopic (exact) mass is 325 g/mol. The second-order valence-corrected chi connectivity index (χ2v) is 5.71. The number of benzene rings is 1. The van der Waals surface area contributed by atoms with Gasteiger partial charge in [-0.25, -0.2) is 0 Å². The highest BCUT2D eigenvalue weighted by Gasteiger charge is 2.27. The predicted molar refractivity (Wildman–Crippen MR) is 75.4 cm³/mol. The molecule has 1 aromatic rings. The summed E-state index contributed by atoms with van der Waals surface area (Å²) in [6.07, 6.45) is 3.00. The van der Waals surface area contributed by atoms with Crippen LogP contribution in [0.3, 0.4) is 0 Å². The van der Waals surface area contributed by atoms with Crippen LogP contribution < -0.4 is 14.8 Å². The smallest absolute Gasteiger partial charge is 0.173 e. The predicted octanol–water partition coefficient (Wildman–Crippen LogP) is 2.50. The average Bonchev–Trinajstić information content (AvgIpc) is 2.47. The molecule has 0 saturated carbocycles. The number of hydrogen-bond donors (Lipinski definition) is 1. The van der Waals surface area contributed by atoms with E-state index >= 15 is 0 Å². The lowest BCUT2D eigenvalue weighted by Gasteiger charge is -2.29. The van der Waals surface area contributed by atoms with E-state index in [-0.39, 0.29) is 0 Å². The van der Waals surface area contributed by atoms with Crippen molar-refractivity contribution >= 4 is 22.2 Å². The maximum Gasteiger partial charge on any atom is 0.173 e. The molecule has 0 aliphatic carbocycles. The molecule has 1 saturated heterocycles. The average molecular weight is 326 g/mol. The first-order chi connectivity index (χ1) is 9.31. The minimum atomic E-state index is 0.466. The van der Waals surface area contributed by atoms with Crippen LogP contribution in [0.2, 0.25) is 0 Å². The van der Waals surface area contributed by atoms with Crippen molar-refractivity contribution < 1.29 is 14.3 Å². The molecule has 5 heteroatoms. The Kier molecular flexibility index (Phi) is 3.75. The molecule has 4 nitrogen and oxygen atoms in total. The number of halogens is 1. The summed E-state index contributed by atoms with van der Waals surface area (Å²) in [5.41, 5.74) is 1.71. The lowest BCUT2D eigenvalue weighted by molar-refractivity contribution is 0.111. The van der Waals surface area contributed by atoms with E-state index in [4.69, 9.17) is 9.47 Å². The highest BCUT2D eigenvalue weighted by atomic mass is 79.9. The van der Waals surface area contributed by atoms with Gasteiger partial charge in [0.2, 0.25) is 0 Å². The largest absolute Gasteiger partial charge is 0.486 e. The molecule has 19 heavy (non-hydrogen) atoms. The Bertz CT molecular complexity index is 498. The lowest BCUT2D eigenvalue weighted by atomic mass is 9.88. The quantitative estimate of drug-likeness (QED) is 0.849. The summed E-state index contributed by atoms with van der Waals surface area (Å²) in [6.45, 7) is 3.08. The van der Waals surface area contributed by atoms with Gasteiger partial charge in [-0.1, -0.05) is 0 Å². The molecule has 0 unspecified atom stereocenters. The Morgan fingerprint density at radius 1 is 1.21 bits per heavy atom. The van der Waals surface area contributed by atoms with Crippen LogP contribution in [-0.2, 0) is 0 Å². The molecular weight excluding hydrogens is 310 g/mol. The first-order valence-electron chi connectivity index (χ1n) is 6.59. The molecule has 2 aliphatic rings. The van der Waals surface area contributed by atoms with Gasteiger partial charge >= 0.3 is 0 Å². The van der Waals surface area contributed by atoms with Crippen molar-refractivity contribution in [2.24, 2.45) is 0 Å². The van der Waals surface area contributed by atoms with Crippen molar-refractivity contribution in [3.63, 3.8) is 0 Å². The van der Waals surface area contributed by atoms with Crippen LogP contribution in [0, 0.1) is 0 Å². The maximum absolute atomic E-state index is 11.2. The van der Waals surface area contributed by atoms with Gasteiger partial charge in [0.15, 0.2) is 17.8 Å². The zero-order valence-corrected chi connectivity index (χ0v) is 12.2. The van der Waals surface area contributed by atoms with Gasteiger partial charge in [-0.05, 0) is 53.8 Å². The number of carbonyl (C=O) groups is 1. The minimum absolute atomic E-state index is 0.466. The van der Waals surface area contributed by atoms with E-state index in [1.807, 2.05) is 6.07 Å². The Balaban J connectivity index is 2.08. The highest BCUT2D eigenvalue weighted by Crippen LogP contribution is 2.45. The summed E-state index contributed by atoms with van der Waals surface area (Å²) < 4.78 is 12.2. The fourth-order valence-corrected chi connectivity index (χ4v) is 3.29. The first kappa shape index (κ1) is 12.9. The van der Waals surface area contributed by atoms with Crippen molar-refractivity contribution in [2.45, 2.75) is 18.8 Å². The summed E-state index contributed by atoms with van der Waals surface area (Å²) in [7, 11) is 0. The van der Waals surface area contributed by atoms with Crippen LogP contribution in [-0.4, -0.2) is 32.6 Å². The summed E-state index contributed by atoms with van der Waals surface area (Å²) >= 11 is 3.47. The van der Waals surface area contributed by atoms with Crippen LogP contribution in [0.15, 0.2) is 10.5 Å². The number of rotatable bonds is 2. The van der Waals surface area contributed by atoms with Crippen molar-refractivity contribution in [1.29, 1.82) is 0 Å². The molecule has 1 aromatic carbocycles. The summed E-state index contributed by atoms with van der Waals surface area (Å²) in [6, 6.07) is 2.02. The van der Waals surface area contributed by atoms with Gasteiger partial charge in [-0.3, -0.25) is 4.79 Å². The topological polar surface area (TPSA) is 47.6 Å². The van der Waals surface area contributed by atoms with Gasteiger partial charge in [0.25, 0.3) is 0 Å². The summed E-state index contributed by atoms with van der Waals surface area (Å²) in [4.78, 5) is 11.2. The third-order valence-corrected chi connectivity index (χ3v) is 4.38. The molecule has 0 aromatic heterocycles. The van der Waals surface area contributed by atoms with Crippen LogP contribution in [0.5, 0.6) is 11.5 Å². The second-order valence-electron chi connectivity index (χ2n) is 4.86. The molecule has 2 aliphatic heterocycles. The fourth-order valence-electron chi connectivity index (χ4n) is 2.77. The lowest BCUT2D eigenvalue weighted by Crippen LogP contribution is -2.27. The molecular formula is C14H16BrNO3. The molecule has 2 heterocycles. The van der Waals surface area contributed by atoms with E-state index in [1.165, 1.54) is 0 Å². The van der Waals surface area contributed by atoms with E-state index in [0.717, 1.165) is 48.0 Å². The molecule has 1 fully saturated rings. The number of nitrogens with one attached hydrogen (secondary N) is 1. The van der Waals surface area contributed by atoms with Gasteiger partial charge in [-0.15, -0.1) is 0 Å². The zero-order chi connectivity index (χ0) is 13.2. The summed E-state index contributed by atoms with van der Waals surface area (Å²) in [5.74, 6) is 1.83. The van der Waals surface area contributed by atoms with E-state index in [9.17, 15) is 4.79 Å². The number of hydrogen-bond acceptors (Lipinski definition) is 4. The van der Waals surface area contributed by atoms with Gasteiger partial charge < -0.3 is 14.8 Å². The molecule has 0 atom stereocenters. The van der Waals surface area contributed by atoms with Crippen molar-refractivity contribution in [3.8, 4) is 11.5 Å². The maximum atomic E-state index is 11.2. The third kappa shape index (κ3) is 2.37. The Morgan fingerprint density at radius 3 is 2.58 bits per heavy atom. The van der Waals surface area contributed by atoms with Crippen LogP contribution >= 0.6 is 15.9 Å². The van der Waals surface area contributed by atoms with E-state index in [0.29, 0.717) is 30.4 Å². The van der Waals surface area contributed by atoms with E-state index in [2.05, 4.69) is 21.2 Å². The minimum Gasteiger partial charge on any atom is -0.486 e. The third-order valence-electron chi connectivity index (χ3n) is 3.73. The summed E-state index contributed by atoms with van der Waals surface area (Å²) in [5, 5.41) is 3.36. The van der Waals surface area contributed by atoms with Crippen molar-refractivity contribution in [3.05, 3.63) is 21.7 Å². The van der Waals surface area contributed by atoms with Crippen LogP contribution in [0.1, 0.15) is 34.7 Å². The van der Waals surface area contributed by atoms with Gasteiger partial charge in [0.05, 0.1) is 5.56 Å². The second kappa shape index (κ2) is 5.51. The first-order valence-corrected chi connectivity index (χ1v) is 7.38. The number of carbonyl (C=O) groups excluding carboxylic acids is 1. The molecule has 102 valence electrons. The van der Waals surface area contributed by atoms with E-state index in [1.54, 1.807) is 0 Å². The molecule has 0 bridgehead atoms. The number of aldehydes is 1. The van der Waals surface area contributed by atoms with E-state index < -0.39 is 0 Å². The van der Waals surface area contributed by atoms with Gasteiger partial charge in [-0.2, -0.15) is 0 Å². The molecule has 0 radical (unpaired) electrons. The van der Waals surface area contributed by atoms with Crippen molar-refractivity contribution in [2.75, 3.05) is 26.3 Å². The van der Waals surface area contributed by atoms with Gasteiger partial charge in [0.1, 0.15) is 13.2 Å². The molecule has 3 rings (SSSR count). The van der Waals surface area contributed by atoms with Crippen LogP contribution in [0.4, 0.5) is 0 Å². The number of fused-ring (bicyclic) bond motifs is 1. The Morgan fingerprint density at radius 2 is 1.89 bits per heavy atom. The fraction of sp³-hybridized carbons (Fsp3) is 0.500. The molecule has 1 N–H and O–H groups in total. The SMILES string of the molecule is O=Cc1c(Br)cc(C2CCNCC2)c2c1OCCO2. The normalized spacial score (nSPS) is 19.2.